The number of rotatable bonds is 9. The maximum absolute atomic E-state index is 5.64. The van der Waals surface area contributed by atoms with Gasteiger partial charge in [-0.25, -0.2) is 0 Å². The molecule has 0 aromatic carbocycles. The average molecular weight is 231 g/mol. The minimum Gasteiger partial charge on any atom is -0.382 e. The molecule has 16 heavy (non-hydrogen) atoms. The van der Waals surface area contributed by atoms with Gasteiger partial charge in [0.15, 0.2) is 0 Å². The molecule has 1 aliphatic rings. The summed E-state index contributed by atoms with van der Waals surface area (Å²) in [4.78, 5) is 0. The molecule has 2 unspecified atom stereocenters. The van der Waals surface area contributed by atoms with Crippen LogP contribution >= 0.6 is 0 Å². The van der Waals surface area contributed by atoms with E-state index in [0.29, 0.717) is 25.2 Å². The Hall–Kier alpha value is -0.160. The van der Waals surface area contributed by atoms with Gasteiger partial charge in [-0.15, -0.1) is 0 Å². The minimum absolute atomic E-state index is 0.460. The molecule has 1 fully saturated rings. The van der Waals surface area contributed by atoms with E-state index < -0.39 is 0 Å². The first kappa shape index (κ1) is 13.9. The number of nitrogens with one attached hydrogen (secondary N) is 1. The highest BCUT2D eigenvalue weighted by atomic mass is 16.5. The van der Waals surface area contributed by atoms with Crippen LogP contribution in [-0.4, -0.2) is 52.7 Å². The smallest absolute Gasteiger partial charge is 0.0700 e. The zero-order valence-corrected chi connectivity index (χ0v) is 10.5. The minimum atomic E-state index is 0.460. The van der Waals surface area contributed by atoms with Crippen molar-refractivity contribution < 1.29 is 14.2 Å². The van der Waals surface area contributed by atoms with E-state index in [9.17, 15) is 0 Å². The van der Waals surface area contributed by atoms with Gasteiger partial charge < -0.3 is 19.5 Å². The lowest BCUT2D eigenvalue weighted by Crippen LogP contribution is -2.30. The second kappa shape index (κ2) is 8.93. The molecule has 4 heteroatoms. The topological polar surface area (TPSA) is 39.7 Å². The first-order chi connectivity index (χ1) is 7.88. The van der Waals surface area contributed by atoms with Gasteiger partial charge in [-0.2, -0.15) is 0 Å². The van der Waals surface area contributed by atoms with Crippen molar-refractivity contribution in [2.45, 2.75) is 25.9 Å². The molecule has 2 atom stereocenters. The van der Waals surface area contributed by atoms with Gasteiger partial charge in [0.25, 0.3) is 0 Å². The van der Waals surface area contributed by atoms with E-state index in [1.807, 2.05) is 0 Å². The summed E-state index contributed by atoms with van der Waals surface area (Å²) in [6.07, 6.45) is 2.77. The largest absolute Gasteiger partial charge is 0.382 e. The maximum atomic E-state index is 5.64. The Kier molecular flexibility index (Phi) is 7.76. The van der Waals surface area contributed by atoms with E-state index in [-0.39, 0.29) is 0 Å². The molecule has 1 rings (SSSR count). The van der Waals surface area contributed by atoms with Crippen LogP contribution in [0.1, 0.15) is 19.8 Å². The van der Waals surface area contributed by atoms with Crippen molar-refractivity contribution in [2.24, 2.45) is 5.92 Å². The quantitative estimate of drug-likeness (QED) is 0.602. The fraction of sp³-hybridized carbons (Fsp3) is 1.00. The highest BCUT2D eigenvalue weighted by molar-refractivity contribution is 4.76. The van der Waals surface area contributed by atoms with Gasteiger partial charge in [0.1, 0.15) is 0 Å². The fourth-order valence-corrected chi connectivity index (χ4v) is 2.05. The lowest BCUT2D eigenvalue weighted by atomic mass is 10.00. The molecule has 0 aromatic heterocycles. The molecular formula is C12H25NO3. The molecule has 0 bridgehead atoms. The zero-order valence-electron chi connectivity index (χ0n) is 10.5. The second-order valence-electron chi connectivity index (χ2n) is 4.18. The number of hydrogen-bond acceptors (Lipinski definition) is 4. The van der Waals surface area contributed by atoms with E-state index in [1.54, 1.807) is 7.11 Å². The molecule has 4 nitrogen and oxygen atoms in total. The van der Waals surface area contributed by atoms with E-state index in [2.05, 4.69) is 12.2 Å². The van der Waals surface area contributed by atoms with Gasteiger partial charge >= 0.3 is 0 Å². The van der Waals surface area contributed by atoms with E-state index in [4.69, 9.17) is 14.2 Å². The van der Waals surface area contributed by atoms with E-state index in [0.717, 1.165) is 32.7 Å². The number of ether oxygens (including phenoxy) is 3. The lowest BCUT2D eigenvalue weighted by Gasteiger charge is -2.17. The first-order valence-electron chi connectivity index (χ1n) is 6.27. The summed E-state index contributed by atoms with van der Waals surface area (Å²) in [6, 6.07) is 0. The zero-order chi connectivity index (χ0) is 11.6. The van der Waals surface area contributed by atoms with E-state index in [1.165, 1.54) is 6.42 Å². The van der Waals surface area contributed by atoms with Crippen molar-refractivity contribution in [1.82, 2.24) is 5.32 Å². The number of hydrogen-bond donors (Lipinski definition) is 1. The third kappa shape index (κ3) is 5.25. The SMILES string of the molecule is CCC1OCCC1CNCCOCCOC. The Morgan fingerprint density at radius 3 is 2.94 bits per heavy atom. The van der Waals surface area contributed by atoms with Crippen molar-refractivity contribution in [3.05, 3.63) is 0 Å². The van der Waals surface area contributed by atoms with Crippen molar-refractivity contribution in [3.8, 4) is 0 Å². The molecule has 0 spiro atoms. The summed E-state index contributed by atoms with van der Waals surface area (Å²) in [6.45, 7) is 7.19. The monoisotopic (exact) mass is 231 g/mol. The van der Waals surface area contributed by atoms with Crippen LogP contribution < -0.4 is 5.32 Å². The van der Waals surface area contributed by atoms with Crippen molar-refractivity contribution in [1.29, 1.82) is 0 Å². The molecule has 96 valence electrons. The highest BCUT2D eigenvalue weighted by Gasteiger charge is 2.25. The third-order valence-electron chi connectivity index (χ3n) is 3.01. The maximum Gasteiger partial charge on any atom is 0.0700 e. The Morgan fingerprint density at radius 2 is 2.19 bits per heavy atom. The summed E-state index contributed by atoms with van der Waals surface area (Å²) in [5.41, 5.74) is 0. The summed E-state index contributed by atoms with van der Waals surface area (Å²) >= 11 is 0. The molecule has 0 aliphatic carbocycles. The van der Waals surface area contributed by atoms with Crippen LogP contribution in [0.3, 0.4) is 0 Å². The highest BCUT2D eigenvalue weighted by Crippen LogP contribution is 2.22. The Labute approximate surface area is 98.6 Å². The van der Waals surface area contributed by atoms with Crippen molar-refractivity contribution in [2.75, 3.05) is 46.6 Å². The summed E-state index contributed by atoms with van der Waals surface area (Å²) < 4.78 is 15.9. The van der Waals surface area contributed by atoms with Gasteiger partial charge in [0.05, 0.1) is 25.9 Å². The van der Waals surface area contributed by atoms with Crippen LogP contribution in [-0.2, 0) is 14.2 Å². The van der Waals surface area contributed by atoms with Gasteiger partial charge in [0, 0.05) is 26.8 Å². The average Bonchev–Trinajstić information content (AvgIpc) is 2.75. The van der Waals surface area contributed by atoms with Crippen LogP contribution in [0.4, 0.5) is 0 Å². The van der Waals surface area contributed by atoms with Gasteiger partial charge in [-0.1, -0.05) is 6.92 Å². The summed E-state index contributed by atoms with van der Waals surface area (Å²) in [5, 5.41) is 3.42. The summed E-state index contributed by atoms with van der Waals surface area (Å²) in [7, 11) is 1.69. The molecule has 1 heterocycles. The van der Waals surface area contributed by atoms with Crippen LogP contribution in [0.25, 0.3) is 0 Å². The van der Waals surface area contributed by atoms with Crippen LogP contribution in [0, 0.1) is 5.92 Å². The van der Waals surface area contributed by atoms with Gasteiger partial charge in [-0.3, -0.25) is 0 Å². The number of methoxy groups -OCH3 is 1. The molecule has 1 aliphatic heterocycles. The first-order valence-corrected chi connectivity index (χ1v) is 6.27. The molecular weight excluding hydrogens is 206 g/mol. The Morgan fingerprint density at radius 1 is 1.31 bits per heavy atom. The van der Waals surface area contributed by atoms with Crippen molar-refractivity contribution >= 4 is 0 Å². The Balaban J connectivity index is 1.90. The molecule has 0 saturated carbocycles. The summed E-state index contributed by atoms with van der Waals surface area (Å²) in [5.74, 6) is 0.684. The lowest BCUT2D eigenvalue weighted by molar-refractivity contribution is 0.0693. The van der Waals surface area contributed by atoms with Crippen molar-refractivity contribution in [3.63, 3.8) is 0 Å². The third-order valence-corrected chi connectivity index (χ3v) is 3.01. The Bertz CT molecular complexity index is 166. The second-order valence-corrected chi connectivity index (χ2v) is 4.18. The molecule has 1 saturated heterocycles. The predicted octanol–water partition coefficient (Wildman–Crippen LogP) is 1.05. The fourth-order valence-electron chi connectivity index (χ4n) is 2.05. The van der Waals surface area contributed by atoms with Gasteiger partial charge in [-0.05, 0) is 18.8 Å². The van der Waals surface area contributed by atoms with Gasteiger partial charge in [0.2, 0.25) is 0 Å². The van der Waals surface area contributed by atoms with Crippen LogP contribution in [0.15, 0.2) is 0 Å². The predicted molar refractivity (Wildman–Crippen MR) is 63.7 cm³/mol. The van der Waals surface area contributed by atoms with Crippen LogP contribution in [0.2, 0.25) is 0 Å². The normalized spacial score (nSPS) is 25.1. The molecule has 0 amide bonds. The molecule has 1 N–H and O–H groups in total. The molecule has 0 radical (unpaired) electrons. The van der Waals surface area contributed by atoms with E-state index >= 15 is 0 Å². The van der Waals surface area contributed by atoms with Crippen LogP contribution in [0.5, 0.6) is 0 Å². The molecule has 0 aromatic rings. The standard InChI is InChI=1S/C12H25NO3/c1-3-12-11(4-6-16-12)10-13-5-7-15-9-8-14-2/h11-13H,3-10H2,1-2H3.